The number of nitrogens with two attached hydrogens (primary N) is 1. The van der Waals surface area contributed by atoms with Gasteiger partial charge in [-0.25, -0.2) is 0 Å². The second-order valence-electron chi connectivity index (χ2n) is 7.24. The van der Waals surface area contributed by atoms with E-state index < -0.39 is 24.0 Å². The lowest BCUT2D eigenvalue weighted by atomic mass is 10.1. The summed E-state index contributed by atoms with van der Waals surface area (Å²) in [5, 5.41) is 27.2. The number of rotatable bonds is 6. The SMILES string of the molecule is N=C(N)c1ccc(NC(=O)[C@H](O)[C@H]2OCCN(c3cccc(-c4cn[nH]c4)c3)C2=O)cc1. The van der Waals surface area contributed by atoms with Crippen molar-refractivity contribution in [2.24, 2.45) is 5.73 Å². The molecule has 4 rings (SSSR count). The van der Waals surface area contributed by atoms with E-state index in [4.69, 9.17) is 15.9 Å². The van der Waals surface area contributed by atoms with E-state index in [-0.39, 0.29) is 12.4 Å². The van der Waals surface area contributed by atoms with Crippen molar-refractivity contribution >= 4 is 29.0 Å². The Morgan fingerprint density at radius 1 is 1.28 bits per heavy atom. The van der Waals surface area contributed by atoms with Gasteiger partial charge >= 0.3 is 0 Å². The lowest BCUT2D eigenvalue weighted by molar-refractivity contribution is -0.150. The van der Waals surface area contributed by atoms with E-state index in [1.54, 1.807) is 42.7 Å². The van der Waals surface area contributed by atoms with Crippen molar-refractivity contribution in [2.45, 2.75) is 12.2 Å². The first-order valence-electron chi connectivity index (χ1n) is 9.89. The Morgan fingerprint density at radius 3 is 2.75 bits per heavy atom. The van der Waals surface area contributed by atoms with Gasteiger partial charge in [-0.05, 0) is 42.0 Å². The Hall–Kier alpha value is -4.02. The molecule has 2 aromatic carbocycles. The van der Waals surface area contributed by atoms with Crippen molar-refractivity contribution in [3.8, 4) is 11.1 Å². The second-order valence-corrected chi connectivity index (χ2v) is 7.24. The van der Waals surface area contributed by atoms with Crippen LogP contribution in [0, 0.1) is 5.41 Å². The van der Waals surface area contributed by atoms with Gasteiger partial charge in [0.1, 0.15) is 5.84 Å². The molecular formula is C22H22N6O4. The number of amidine groups is 1. The van der Waals surface area contributed by atoms with Gasteiger partial charge in [0.25, 0.3) is 11.8 Å². The molecule has 10 heteroatoms. The Labute approximate surface area is 183 Å². The number of nitrogen functional groups attached to an aromatic ring is 1. The lowest BCUT2D eigenvalue weighted by Gasteiger charge is -2.34. The Morgan fingerprint density at radius 2 is 2.06 bits per heavy atom. The summed E-state index contributed by atoms with van der Waals surface area (Å²) < 4.78 is 5.45. The second kappa shape index (κ2) is 9.00. The third-order valence-electron chi connectivity index (χ3n) is 5.13. The van der Waals surface area contributed by atoms with Crippen LogP contribution in [-0.4, -0.2) is 58.3 Å². The number of nitrogens with one attached hydrogen (secondary N) is 3. The average molecular weight is 434 g/mol. The molecule has 0 unspecified atom stereocenters. The summed E-state index contributed by atoms with van der Waals surface area (Å²) in [4.78, 5) is 27.1. The molecule has 0 aliphatic carbocycles. The highest BCUT2D eigenvalue weighted by Gasteiger charge is 2.39. The molecular weight excluding hydrogens is 412 g/mol. The molecule has 0 radical (unpaired) electrons. The first kappa shape index (κ1) is 21.2. The van der Waals surface area contributed by atoms with Gasteiger partial charge in [0, 0.05) is 35.2 Å². The molecule has 2 amide bonds. The lowest BCUT2D eigenvalue weighted by Crippen LogP contribution is -2.55. The van der Waals surface area contributed by atoms with E-state index in [2.05, 4.69) is 15.5 Å². The molecule has 32 heavy (non-hydrogen) atoms. The number of hydrogen-bond donors (Lipinski definition) is 5. The summed E-state index contributed by atoms with van der Waals surface area (Å²) in [5.74, 6) is -1.37. The molecule has 1 aliphatic rings. The summed E-state index contributed by atoms with van der Waals surface area (Å²) in [5.41, 5.74) is 8.70. The number of ether oxygens (including phenoxy) is 1. The number of aliphatic hydroxyl groups is 1. The molecule has 1 saturated heterocycles. The van der Waals surface area contributed by atoms with Crippen LogP contribution in [-0.2, 0) is 14.3 Å². The Bertz CT molecular complexity index is 1130. The number of H-pyrrole nitrogens is 1. The number of hydrogen-bond acceptors (Lipinski definition) is 6. The number of anilines is 2. The Balaban J connectivity index is 1.47. The van der Waals surface area contributed by atoms with Crippen LogP contribution in [0.1, 0.15) is 5.56 Å². The fraction of sp³-hybridized carbons (Fsp3) is 0.182. The molecule has 2 atom stereocenters. The van der Waals surface area contributed by atoms with E-state index in [0.717, 1.165) is 11.1 Å². The number of carbonyl (C=O) groups is 2. The van der Waals surface area contributed by atoms with Gasteiger partial charge in [-0.3, -0.25) is 20.1 Å². The summed E-state index contributed by atoms with van der Waals surface area (Å²) in [6, 6.07) is 13.6. The van der Waals surface area contributed by atoms with E-state index in [9.17, 15) is 14.7 Å². The first-order chi connectivity index (χ1) is 15.4. The van der Waals surface area contributed by atoms with Crippen LogP contribution in [0.2, 0.25) is 0 Å². The van der Waals surface area contributed by atoms with Gasteiger partial charge in [-0.1, -0.05) is 12.1 Å². The van der Waals surface area contributed by atoms with E-state index in [1.807, 2.05) is 18.2 Å². The monoisotopic (exact) mass is 434 g/mol. The summed E-state index contributed by atoms with van der Waals surface area (Å²) >= 11 is 0. The minimum Gasteiger partial charge on any atom is -0.384 e. The van der Waals surface area contributed by atoms with E-state index >= 15 is 0 Å². The normalized spacial score (nSPS) is 17.1. The first-order valence-corrected chi connectivity index (χ1v) is 9.89. The number of carbonyl (C=O) groups excluding carboxylic acids is 2. The number of amides is 2. The minimum atomic E-state index is -1.70. The number of aliphatic hydroxyl groups excluding tert-OH is 1. The standard InChI is InChI=1S/C22H22N6O4/c23-20(24)13-4-6-16(7-5-13)27-21(30)18(29)19-22(31)28(8-9-32-19)17-3-1-2-14(10-17)15-11-25-26-12-15/h1-7,10-12,18-19,29H,8-9H2,(H3,23,24)(H,25,26)(H,27,30)/t18-,19-/m1/s1. The molecule has 1 fully saturated rings. The summed E-state index contributed by atoms with van der Waals surface area (Å²) in [6.07, 6.45) is 0.396. The molecule has 164 valence electrons. The maximum absolute atomic E-state index is 13.0. The quantitative estimate of drug-likeness (QED) is 0.289. The number of aromatic nitrogens is 2. The van der Waals surface area contributed by atoms with Crippen LogP contribution in [0.25, 0.3) is 11.1 Å². The van der Waals surface area contributed by atoms with Crippen molar-refractivity contribution < 1.29 is 19.4 Å². The molecule has 6 N–H and O–H groups in total. The number of aromatic amines is 1. The molecule has 2 heterocycles. The molecule has 3 aromatic rings. The highest BCUT2D eigenvalue weighted by Crippen LogP contribution is 2.26. The van der Waals surface area contributed by atoms with Crippen molar-refractivity contribution in [3.63, 3.8) is 0 Å². The van der Waals surface area contributed by atoms with Gasteiger partial charge < -0.3 is 25.8 Å². The van der Waals surface area contributed by atoms with E-state index in [1.165, 1.54) is 4.90 Å². The van der Waals surface area contributed by atoms with Crippen LogP contribution in [0.15, 0.2) is 60.9 Å². The zero-order valence-electron chi connectivity index (χ0n) is 17.0. The van der Waals surface area contributed by atoms with Crippen LogP contribution in [0.4, 0.5) is 11.4 Å². The van der Waals surface area contributed by atoms with Crippen LogP contribution >= 0.6 is 0 Å². The smallest absolute Gasteiger partial charge is 0.259 e. The van der Waals surface area contributed by atoms with Crippen molar-refractivity contribution in [1.29, 1.82) is 5.41 Å². The largest absolute Gasteiger partial charge is 0.384 e. The molecule has 10 nitrogen and oxygen atoms in total. The fourth-order valence-corrected chi connectivity index (χ4v) is 3.44. The van der Waals surface area contributed by atoms with Crippen molar-refractivity contribution in [1.82, 2.24) is 10.2 Å². The predicted octanol–water partition coefficient (Wildman–Crippen LogP) is 1.09. The third kappa shape index (κ3) is 4.36. The van der Waals surface area contributed by atoms with Crippen LogP contribution in [0.5, 0.6) is 0 Å². The number of morpholine rings is 1. The zero-order valence-corrected chi connectivity index (χ0v) is 17.0. The maximum Gasteiger partial charge on any atom is 0.259 e. The Kier molecular flexibility index (Phi) is 5.97. The topological polar surface area (TPSA) is 157 Å². The molecule has 1 aromatic heterocycles. The third-order valence-corrected chi connectivity index (χ3v) is 5.13. The minimum absolute atomic E-state index is 0.0963. The summed E-state index contributed by atoms with van der Waals surface area (Å²) in [7, 11) is 0. The number of benzene rings is 2. The van der Waals surface area contributed by atoms with E-state index in [0.29, 0.717) is 23.5 Å². The fourth-order valence-electron chi connectivity index (χ4n) is 3.44. The number of nitrogens with zero attached hydrogens (tertiary/aromatic N) is 2. The van der Waals surface area contributed by atoms with Gasteiger partial charge in [0.2, 0.25) is 0 Å². The molecule has 0 spiro atoms. The predicted molar refractivity (Wildman–Crippen MR) is 118 cm³/mol. The maximum atomic E-state index is 13.0. The highest BCUT2D eigenvalue weighted by atomic mass is 16.5. The van der Waals surface area contributed by atoms with Crippen LogP contribution < -0.4 is 16.0 Å². The van der Waals surface area contributed by atoms with Crippen molar-refractivity contribution in [2.75, 3.05) is 23.4 Å². The molecule has 0 bridgehead atoms. The highest BCUT2D eigenvalue weighted by molar-refractivity contribution is 6.04. The average Bonchev–Trinajstić information content (AvgIpc) is 3.34. The van der Waals surface area contributed by atoms with Gasteiger partial charge in [-0.2, -0.15) is 5.10 Å². The summed E-state index contributed by atoms with van der Waals surface area (Å²) in [6.45, 7) is 0.467. The van der Waals surface area contributed by atoms with Crippen LogP contribution in [0.3, 0.4) is 0 Å². The zero-order chi connectivity index (χ0) is 22.7. The van der Waals surface area contributed by atoms with Gasteiger partial charge in [-0.15, -0.1) is 0 Å². The van der Waals surface area contributed by atoms with Crippen molar-refractivity contribution in [3.05, 3.63) is 66.5 Å². The molecule has 1 aliphatic heterocycles. The van der Waals surface area contributed by atoms with Gasteiger partial charge in [0.15, 0.2) is 12.2 Å². The van der Waals surface area contributed by atoms with Gasteiger partial charge in [0.05, 0.1) is 12.8 Å². The molecule has 0 saturated carbocycles.